The Kier molecular flexibility index (Phi) is 23.7. The minimum Gasteiger partial charge on any atom is -0.508 e. The Morgan fingerprint density at radius 3 is 2.01 bits per heavy atom. The number of unbranched alkanes of at least 4 members (excludes halogenated alkanes) is 5. The van der Waals surface area contributed by atoms with Gasteiger partial charge >= 0.3 is 0 Å². The van der Waals surface area contributed by atoms with Crippen LogP contribution in [-0.2, 0) is 38.4 Å². The van der Waals surface area contributed by atoms with Crippen LogP contribution in [-0.4, -0.2) is 173 Å². The average molecular weight is 1030 g/mol. The van der Waals surface area contributed by atoms with Gasteiger partial charge in [-0.15, -0.1) is 0 Å². The molecule has 410 valence electrons. The molecule has 0 aromatic heterocycles. The monoisotopic (exact) mass is 1030 g/mol. The van der Waals surface area contributed by atoms with Crippen LogP contribution in [0.1, 0.15) is 142 Å². The first-order valence-electron chi connectivity index (χ1n) is 25.8. The molecule has 4 rings (SSSR count). The summed E-state index contributed by atoms with van der Waals surface area (Å²) in [5, 5.41) is 88.5. The number of nitrogens with two attached hydrogens (primary N) is 1. The number of phenols is 1. The van der Waals surface area contributed by atoms with Crippen LogP contribution in [0.15, 0.2) is 24.3 Å². The van der Waals surface area contributed by atoms with Gasteiger partial charge in [0, 0.05) is 32.4 Å². The highest BCUT2D eigenvalue weighted by Crippen LogP contribution is 2.26. The number of aromatic hydroxyl groups is 1. The van der Waals surface area contributed by atoms with E-state index in [0.29, 0.717) is 24.7 Å². The van der Waals surface area contributed by atoms with Gasteiger partial charge in [0.25, 0.3) is 0 Å². The van der Waals surface area contributed by atoms with Crippen LogP contribution in [0.25, 0.3) is 0 Å². The molecule has 8 amide bonds. The van der Waals surface area contributed by atoms with E-state index in [1.165, 1.54) is 37.6 Å². The maximum Gasteiger partial charge on any atom is 0.248 e. The number of carbonyl (C=O) groups is 8. The number of benzene rings is 1. The molecule has 1 aromatic carbocycles. The summed E-state index contributed by atoms with van der Waals surface area (Å²) in [4.78, 5) is 112. The van der Waals surface area contributed by atoms with E-state index in [1.807, 2.05) is 0 Å². The van der Waals surface area contributed by atoms with Gasteiger partial charge in [0.05, 0.1) is 30.8 Å². The summed E-state index contributed by atoms with van der Waals surface area (Å²) in [6, 6.07) is -5.27. The molecule has 3 saturated heterocycles. The smallest absolute Gasteiger partial charge is 0.248 e. The van der Waals surface area contributed by atoms with Crippen molar-refractivity contribution in [2.75, 3.05) is 13.1 Å². The Morgan fingerprint density at radius 1 is 0.740 bits per heavy atom. The molecule has 0 saturated carbocycles. The quantitative estimate of drug-likeness (QED) is 0.0677. The third kappa shape index (κ3) is 17.9. The van der Waals surface area contributed by atoms with Crippen LogP contribution in [0, 0.1) is 11.8 Å². The lowest BCUT2D eigenvalue weighted by Gasteiger charge is -2.33. The van der Waals surface area contributed by atoms with Gasteiger partial charge in [-0.25, -0.2) is 0 Å². The standard InChI is InChI=1S/C50H80N8O15/c1-5-27(2)23-28(3)13-10-8-6-7-9-11-15-40(66)52-32-25-38(64)47(70)56-48(71)43-35(61)20-22-58(43)50(73)42(37(63)26-39(51)65)55-45(68)33(24-36(62)30-16-18-31(60)19-17-30)53-46(69)34-14-12-21-57(34)49(72)41(29(4)59)54-44(32)67/h16-19,27-29,32-38,41-43,47,59-64,70H,5-15,20-26H2,1-4H3,(H2,51,65)(H,52,66)(H,53,69)(H,54,67)(H,55,68)(H,56,71)/t27?,28?,29-,32?,33+,34?,35+,36-,37-,38-,41?,42?,43+,47-/m1/s1. The lowest BCUT2D eigenvalue weighted by molar-refractivity contribution is -0.148. The van der Waals surface area contributed by atoms with Gasteiger partial charge in [0.2, 0.25) is 47.3 Å². The minimum atomic E-state index is -2.22. The second-order valence-electron chi connectivity index (χ2n) is 20.3. The van der Waals surface area contributed by atoms with Gasteiger partial charge in [0.1, 0.15) is 48.1 Å². The van der Waals surface area contributed by atoms with Crippen molar-refractivity contribution in [3.05, 3.63) is 29.8 Å². The number of rotatable bonds is 20. The van der Waals surface area contributed by atoms with Crippen molar-refractivity contribution in [3.63, 3.8) is 0 Å². The summed E-state index contributed by atoms with van der Waals surface area (Å²) < 4.78 is 0. The predicted molar refractivity (Wildman–Crippen MR) is 263 cm³/mol. The molecule has 3 fully saturated rings. The maximum absolute atomic E-state index is 14.3. The minimum absolute atomic E-state index is 0.0192. The zero-order valence-electron chi connectivity index (χ0n) is 42.5. The molecule has 1 aromatic rings. The molecule has 3 aliphatic rings. The van der Waals surface area contributed by atoms with Crippen molar-refractivity contribution in [1.82, 2.24) is 36.4 Å². The summed E-state index contributed by atoms with van der Waals surface area (Å²) in [6.45, 7) is 7.49. The first-order valence-corrected chi connectivity index (χ1v) is 25.8. The molecule has 0 spiro atoms. The lowest BCUT2D eigenvalue weighted by Crippen LogP contribution is -2.62. The highest BCUT2D eigenvalue weighted by atomic mass is 16.3. The van der Waals surface area contributed by atoms with Crippen molar-refractivity contribution in [1.29, 1.82) is 0 Å². The molecule has 14 atom stereocenters. The Bertz CT molecular complexity index is 2030. The first kappa shape index (κ1) is 60.1. The molecule has 23 heteroatoms. The highest BCUT2D eigenvalue weighted by molar-refractivity contribution is 5.98. The number of hydrogen-bond donors (Lipinski definition) is 13. The first-order chi connectivity index (χ1) is 34.5. The van der Waals surface area contributed by atoms with Crippen LogP contribution >= 0.6 is 0 Å². The van der Waals surface area contributed by atoms with Crippen LogP contribution in [0.5, 0.6) is 5.75 Å². The predicted octanol–water partition coefficient (Wildman–Crippen LogP) is -1.28. The van der Waals surface area contributed by atoms with Crippen molar-refractivity contribution in [2.24, 2.45) is 17.6 Å². The largest absolute Gasteiger partial charge is 0.508 e. The average Bonchev–Trinajstić information content (AvgIpc) is 3.99. The summed E-state index contributed by atoms with van der Waals surface area (Å²) in [5.41, 5.74) is 5.53. The van der Waals surface area contributed by atoms with E-state index < -0.39 is 140 Å². The number of nitrogens with zero attached hydrogens (tertiary/aromatic N) is 2. The van der Waals surface area contributed by atoms with E-state index in [-0.39, 0.29) is 50.1 Å². The molecule has 3 heterocycles. The fourth-order valence-electron chi connectivity index (χ4n) is 9.75. The zero-order valence-corrected chi connectivity index (χ0v) is 42.5. The number of amides is 8. The van der Waals surface area contributed by atoms with E-state index in [2.05, 4.69) is 47.4 Å². The van der Waals surface area contributed by atoms with Crippen molar-refractivity contribution < 1.29 is 74.1 Å². The van der Waals surface area contributed by atoms with E-state index in [0.717, 1.165) is 48.3 Å². The van der Waals surface area contributed by atoms with E-state index >= 15 is 0 Å². The van der Waals surface area contributed by atoms with Gasteiger partial charge in [-0.1, -0.05) is 77.8 Å². The van der Waals surface area contributed by atoms with Crippen LogP contribution < -0.4 is 32.3 Å². The molecule has 3 aliphatic heterocycles. The number of fused-ring (bicyclic) bond motifs is 2. The summed E-state index contributed by atoms with van der Waals surface area (Å²) in [5.74, 6) is -7.16. The lowest BCUT2D eigenvalue weighted by atomic mass is 9.91. The molecule has 0 aliphatic carbocycles. The number of aliphatic hydroxyl groups excluding tert-OH is 6. The zero-order chi connectivity index (χ0) is 54.1. The number of aliphatic hydroxyl groups is 6. The van der Waals surface area contributed by atoms with Crippen molar-refractivity contribution >= 4 is 47.3 Å². The second kappa shape index (κ2) is 28.8. The molecular formula is C50H80N8O15. The normalized spacial score (nSPS) is 28.0. The van der Waals surface area contributed by atoms with E-state index in [1.54, 1.807) is 0 Å². The number of primary amides is 1. The molecular weight excluding hydrogens is 953 g/mol. The van der Waals surface area contributed by atoms with E-state index in [9.17, 15) is 74.1 Å². The van der Waals surface area contributed by atoms with Gasteiger partial charge in [-0.05, 0) is 68.6 Å². The molecule has 6 unspecified atom stereocenters. The van der Waals surface area contributed by atoms with Crippen molar-refractivity contribution in [2.45, 2.75) is 203 Å². The number of phenolic OH excluding ortho intramolecular Hbond substituents is 1. The van der Waals surface area contributed by atoms with Crippen LogP contribution in [0.3, 0.4) is 0 Å². The maximum atomic E-state index is 14.3. The Labute approximate surface area is 426 Å². The highest BCUT2D eigenvalue weighted by Gasteiger charge is 2.47. The Morgan fingerprint density at radius 2 is 1.37 bits per heavy atom. The fourth-order valence-corrected chi connectivity index (χ4v) is 9.75. The van der Waals surface area contributed by atoms with Crippen LogP contribution in [0.4, 0.5) is 0 Å². The molecule has 73 heavy (non-hydrogen) atoms. The summed E-state index contributed by atoms with van der Waals surface area (Å²) in [7, 11) is 0. The molecule has 23 nitrogen and oxygen atoms in total. The summed E-state index contributed by atoms with van der Waals surface area (Å²) >= 11 is 0. The molecule has 14 N–H and O–H groups in total. The second-order valence-corrected chi connectivity index (χ2v) is 20.3. The number of hydrogen-bond acceptors (Lipinski definition) is 15. The molecule has 0 bridgehead atoms. The number of nitrogens with one attached hydrogen (secondary N) is 5. The fraction of sp³-hybridized carbons (Fsp3) is 0.720. The van der Waals surface area contributed by atoms with Gasteiger partial charge in [-0.3, -0.25) is 38.4 Å². The Hall–Kier alpha value is -5.46. The topological polar surface area (TPSA) is 371 Å². The van der Waals surface area contributed by atoms with Gasteiger partial charge in [-0.2, -0.15) is 0 Å². The van der Waals surface area contributed by atoms with Gasteiger partial charge in [0.15, 0.2) is 6.23 Å². The molecule has 0 radical (unpaired) electrons. The van der Waals surface area contributed by atoms with Gasteiger partial charge < -0.3 is 77.9 Å². The summed E-state index contributed by atoms with van der Waals surface area (Å²) in [6.07, 6.45) is -4.68. The third-order valence-corrected chi connectivity index (χ3v) is 14.2. The third-order valence-electron chi connectivity index (χ3n) is 14.2. The van der Waals surface area contributed by atoms with Crippen LogP contribution in [0.2, 0.25) is 0 Å². The van der Waals surface area contributed by atoms with E-state index in [4.69, 9.17) is 5.73 Å². The van der Waals surface area contributed by atoms with Crippen molar-refractivity contribution in [3.8, 4) is 5.75 Å². The SMILES string of the molecule is CCC(C)CC(C)CCCCCCCCC(=O)NC1C[C@@H](O)[C@@H](O)NC(=O)[C@@H]2[C@@H](O)CCN2C(=O)C([C@H](O)CC(N)=O)NC(=O)[C@H](C[C@@H](O)c2ccc(O)cc2)NC(=O)C2CCCN2C(=O)C([C@@H](C)O)NC1=O. The number of carbonyl (C=O) groups excluding carboxylic acids is 8. The Balaban J connectivity index is 1.65.